The molecular formula is C16H23N3O. The van der Waals surface area contributed by atoms with Crippen LogP contribution in [0.5, 0.6) is 5.75 Å². The molecule has 1 aromatic carbocycles. The number of aryl methyl sites for hydroxylation is 1. The molecule has 1 aromatic heterocycles. The van der Waals surface area contributed by atoms with Gasteiger partial charge in [0.25, 0.3) is 0 Å². The summed E-state index contributed by atoms with van der Waals surface area (Å²) in [7, 11) is 1.98. The van der Waals surface area contributed by atoms with E-state index in [0.717, 1.165) is 24.5 Å². The predicted molar refractivity (Wildman–Crippen MR) is 80.7 cm³/mol. The van der Waals surface area contributed by atoms with E-state index in [1.807, 2.05) is 36.0 Å². The fourth-order valence-electron chi connectivity index (χ4n) is 2.12. The van der Waals surface area contributed by atoms with Gasteiger partial charge in [-0.2, -0.15) is 0 Å². The lowest BCUT2D eigenvalue weighted by molar-refractivity contribution is 0.286. The van der Waals surface area contributed by atoms with Crippen molar-refractivity contribution in [3.8, 4) is 5.75 Å². The van der Waals surface area contributed by atoms with Crippen molar-refractivity contribution in [3.63, 3.8) is 0 Å². The molecule has 0 aliphatic rings. The summed E-state index contributed by atoms with van der Waals surface area (Å²) in [4.78, 5) is 4.28. The van der Waals surface area contributed by atoms with Crippen molar-refractivity contribution in [2.45, 2.75) is 32.9 Å². The molecular weight excluding hydrogens is 250 g/mol. The zero-order chi connectivity index (χ0) is 14.4. The van der Waals surface area contributed by atoms with E-state index in [4.69, 9.17) is 4.74 Å². The van der Waals surface area contributed by atoms with Crippen LogP contribution in [0.25, 0.3) is 0 Å². The second-order valence-corrected chi connectivity index (χ2v) is 4.96. The van der Waals surface area contributed by atoms with Crippen LogP contribution < -0.4 is 10.1 Å². The van der Waals surface area contributed by atoms with E-state index in [1.54, 1.807) is 6.20 Å². The van der Waals surface area contributed by atoms with Crippen molar-refractivity contribution in [2.24, 2.45) is 7.05 Å². The van der Waals surface area contributed by atoms with Crippen LogP contribution in [-0.2, 0) is 13.7 Å². The number of nitrogens with one attached hydrogen (secondary N) is 1. The van der Waals surface area contributed by atoms with Gasteiger partial charge in [0.05, 0.1) is 0 Å². The molecule has 0 fully saturated rings. The Morgan fingerprint density at radius 3 is 2.85 bits per heavy atom. The van der Waals surface area contributed by atoms with Crippen LogP contribution in [0, 0.1) is 0 Å². The van der Waals surface area contributed by atoms with E-state index in [1.165, 1.54) is 5.56 Å². The van der Waals surface area contributed by atoms with Gasteiger partial charge in [-0.15, -0.1) is 0 Å². The van der Waals surface area contributed by atoms with Gasteiger partial charge in [-0.25, -0.2) is 4.98 Å². The Morgan fingerprint density at radius 1 is 1.35 bits per heavy atom. The summed E-state index contributed by atoms with van der Waals surface area (Å²) in [5, 5.41) is 3.49. The molecule has 108 valence electrons. The number of hydrogen-bond donors (Lipinski definition) is 1. The topological polar surface area (TPSA) is 39.1 Å². The van der Waals surface area contributed by atoms with Gasteiger partial charge in [-0.05, 0) is 26.0 Å². The lowest BCUT2D eigenvalue weighted by Gasteiger charge is -2.18. The van der Waals surface area contributed by atoms with Crippen LogP contribution in [-0.4, -0.2) is 16.1 Å². The maximum Gasteiger partial charge on any atom is 0.146 e. The van der Waals surface area contributed by atoms with Crippen molar-refractivity contribution >= 4 is 0 Å². The standard InChI is InChI=1S/C16H23N3O/c1-4-9-17-13(2)14-7-5-6-8-15(14)20-12-16-18-10-11-19(16)3/h5-8,10-11,13,17H,4,9,12H2,1-3H3. The summed E-state index contributed by atoms with van der Waals surface area (Å²) in [5.41, 5.74) is 1.19. The Bertz CT molecular complexity index is 536. The third kappa shape index (κ3) is 3.61. The third-order valence-electron chi connectivity index (χ3n) is 3.36. The van der Waals surface area contributed by atoms with Crippen LogP contribution in [0.2, 0.25) is 0 Å². The summed E-state index contributed by atoms with van der Waals surface area (Å²) in [6.45, 7) is 5.83. The van der Waals surface area contributed by atoms with Crippen LogP contribution in [0.1, 0.15) is 37.7 Å². The molecule has 0 bridgehead atoms. The number of benzene rings is 1. The van der Waals surface area contributed by atoms with E-state index < -0.39 is 0 Å². The first-order valence-electron chi connectivity index (χ1n) is 7.13. The molecule has 0 aliphatic heterocycles. The average molecular weight is 273 g/mol. The number of para-hydroxylation sites is 1. The smallest absolute Gasteiger partial charge is 0.146 e. The Balaban J connectivity index is 2.05. The summed E-state index contributed by atoms with van der Waals surface area (Å²) in [6, 6.07) is 8.47. The highest BCUT2D eigenvalue weighted by Crippen LogP contribution is 2.25. The number of rotatable bonds is 7. The average Bonchev–Trinajstić information content (AvgIpc) is 2.88. The maximum absolute atomic E-state index is 5.94. The molecule has 1 N–H and O–H groups in total. The largest absolute Gasteiger partial charge is 0.485 e. The molecule has 0 spiro atoms. The zero-order valence-electron chi connectivity index (χ0n) is 12.5. The van der Waals surface area contributed by atoms with Gasteiger partial charge >= 0.3 is 0 Å². The second-order valence-electron chi connectivity index (χ2n) is 4.96. The first-order chi connectivity index (χ1) is 9.72. The number of hydrogen-bond acceptors (Lipinski definition) is 3. The van der Waals surface area contributed by atoms with Crippen molar-refractivity contribution in [2.75, 3.05) is 6.54 Å². The minimum Gasteiger partial charge on any atom is -0.485 e. The highest BCUT2D eigenvalue weighted by atomic mass is 16.5. The highest BCUT2D eigenvalue weighted by molar-refractivity contribution is 5.35. The SMILES string of the molecule is CCCNC(C)c1ccccc1OCc1nccn1C. The lowest BCUT2D eigenvalue weighted by atomic mass is 10.1. The van der Waals surface area contributed by atoms with Gasteiger partial charge < -0.3 is 14.6 Å². The molecule has 0 radical (unpaired) electrons. The first kappa shape index (κ1) is 14.6. The van der Waals surface area contributed by atoms with Gasteiger partial charge in [0.1, 0.15) is 18.2 Å². The Kier molecular flexibility index (Phi) is 5.18. The second kappa shape index (κ2) is 7.10. The number of imidazole rings is 1. The summed E-state index contributed by atoms with van der Waals surface area (Å²) in [5.74, 6) is 1.85. The molecule has 4 heteroatoms. The monoisotopic (exact) mass is 273 g/mol. The third-order valence-corrected chi connectivity index (χ3v) is 3.36. The quantitative estimate of drug-likeness (QED) is 0.842. The van der Waals surface area contributed by atoms with E-state index >= 15 is 0 Å². The fraction of sp³-hybridized carbons (Fsp3) is 0.438. The lowest BCUT2D eigenvalue weighted by Crippen LogP contribution is -2.20. The van der Waals surface area contributed by atoms with Crippen LogP contribution in [0.15, 0.2) is 36.7 Å². The van der Waals surface area contributed by atoms with Gasteiger partial charge in [-0.1, -0.05) is 25.1 Å². The van der Waals surface area contributed by atoms with E-state index in [-0.39, 0.29) is 6.04 Å². The van der Waals surface area contributed by atoms with Crippen molar-refractivity contribution < 1.29 is 4.74 Å². The van der Waals surface area contributed by atoms with Crippen molar-refractivity contribution in [1.82, 2.24) is 14.9 Å². The van der Waals surface area contributed by atoms with Crippen LogP contribution >= 0.6 is 0 Å². The molecule has 2 aromatic rings. The van der Waals surface area contributed by atoms with Gasteiger partial charge in [0.15, 0.2) is 0 Å². The Labute approximate surface area is 120 Å². The molecule has 0 saturated carbocycles. The molecule has 0 saturated heterocycles. The van der Waals surface area contributed by atoms with E-state index in [9.17, 15) is 0 Å². The Hall–Kier alpha value is -1.81. The Morgan fingerprint density at radius 2 is 2.15 bits per heavy atom. The molecule has 0 amide bonds. The predicted octanol–water partition coefficient (Wildman–Crippen LogP) is 3.06. The highest BCUT2D eigenvalue weighted by Gasteiger charge is 2.11. The van der Waals surface area contributed by atoms with Gasteiger partial charge in [-0.3, -0.25) is 0 Å². The minimum absolute atomic E-state index is 0.285. The molecule has 0 aliphatic carbocycles. The summed E-state index contributed by atoms with van der Waals surface area (Å²) < 4.78 is 7.91. The number of aromatic nitrogens is 2. The maximum atomic E-state index is 5.94. The minimum atomic E-state index is 0.285. The normalized spacial score (nSPS) is 12.3. The van der Waals surface area contributed by atoms with Crippen LogP contribution in [0.3, 0.4) is 0 Å². The molecule has 20 heavy (non-hydrogen) atoms. The first-order valence-corrected chi connectivity index (χ1v) is 7.13. The summed E-state index contributed by atoms with van der Waals surface area (Å²) >= 11 is 0. The van der Waals surface area contributed by atoms with Crippen LogP contribution in [0.4, 0.5) is 0 Å². The zero-order valence-corrected chi connectivity index (χ0v) is 12.5. The molecule has 1 heterocycles. The molecule has 1 unspecified atom stereocenters. The number of ether oxygens (including phenoxy) is 1. The van der Waals surface area contributed by atoms with Gasteiger partial charge in [0, 0.05) is 31.0 Å². The molecule has 1 atom stereocenters. The van der Waals surface area contributed by atoms with Crippen molar-refractivity contribution in [1.29, 1.82) is 0 Å². The summed E-state index contributed by atoms with van der Waals surface area (Å²) in [6.07, 6.45) is 4.84. The van der Waals surface area contributed by atoms with Gasteiger partial charge in [0.2, 0.25) is 0 Å². The molecule has 4 nitrogen and oxygen atoms in total. The number of nitrogens with zero attached hydrogens (tertiary/aromatic N) is 2. The fourth-order valence-corrected chi connectivity index (χ4v) is 2.12. The van der Waals surface area contributed by atoms with E-state index in [0.29, 0.717) is 6.61 Å². The van der Waals surface area contributed by atoms with E-state index in [2.05, 4.69) is 30.2 Å². The van der Waals surface area contributed by atoms with Crippen molar-refractivity contribution in [3.05, 3.63) is 48.0 Å². The molecule has 2 rings (SSSR count).